The maximum absolute atomic E-state index is 13.5. The Balaban J connectivity index is 0.912. The Labute approximate surface area is 369 Å². The Hall–Kier alpha value is -3.76. The molecule has 2 heterocycles. The van der Waals surface area contributed by atoms with Crippen molar-refractivity contribution in [1.29, 1.82) is 0 Å². The molecule has 0 aliphatic heterocycles. The van der Waals surface area contributed by atoms with E-state index in [4.69, 9.17) is 9.97 Å². The van der Waals surface area contributed by atoms with Crippen molar-refractivity contribution in [2.24, 2.45) is 45.3 Å². The van der Waals surface area contributed by atoms with Gasteiger partial charge in [0.1, 0.15) is 11.6 Å². The normalized spacial score (nSPS) is 29.0. The van der Waals surface area contributed by atoms with Gasteiger partial charge in [-0.15, -0.1) is 0 Å². The topological polar surface area (TPSA) is 156 Å². The average molecular weight is 847 g/mol. The number of aliphatic hydroxyl groups excluding tert-OH is 2. The van der Waals surface area contributed by atoms with Crippen LogP contribution in [0.4, 0.5) is 0 Å². The van der Waals surface area contributed by atoms with Gasteiger partial charge in [-0.3, -0.25) is 9.59 Å². The van der Waals surface area contributed by atoms with E-state index in [1.54, 1.807) is 13.8 Å². The lowest BCUT2D eigenvalue weighted by Crippen LogP contribution is -2.44. The van der Waals surface area contributed by atoms with Crippen LogP contribution in [-0.2, 0) is 9.59 Å². The number of aromatic amines is 2. The summed E-state index contributed by atoms with van der Waals surface area (Å²) in [5.74, 6) is 5.27. The van der Waals surface area contributed by atoms with E-state index in [0.717, 1.165) is 59.4 Å². The first-order valence-corrected chi connectivity index (χ1v) is 24.3. The van der Waals surface area contributed by atoms with Crippen LogP contribution in [0.5, 0.6) is 0 Å². The van der Waals surface area contributed by atoms with Gasteiger partial charge >= 0.3 is 0 Å². The van der Waals surface area contributed by atoms with Crippen LogP contribution in [0.3, 0.4) is 0 Å². The number of rotatable bonds is 10. The van der Waals surface area contributed by atoms with Crippen molar-refractivity contribution >= 4 is 33.9 Å². The summed E-state index contributed by atoms with van der Waals surface area (Å²) in [6.45, 7) is 16.3. The molecule has 8 aliphatic rings. The quantitative estimate of drug-likeness (QED) is 0.0933. The standard InChI is InChI=1S/C52H74N6O4/c1-29(59)51(21-22-51)47(61)57-43(49(3,4)5)45-53-39-19-17-35(27-41(39)55-45)37-25-31-9-13-33(37)15-11-32-10-14-34(16-12-31)38(26-32)36-18-20-40-42(28-36)56-46(54-40)44(50(6,7)8)58-48(62)52(23-24-52)30(2)60/h17-20,27-34,37-38,43-44,59-60H,9-16,21-26H2,1-8H3,(H,53,55)(H,54,56)(H,57,61)(H,58,62)/t29?,30?,31?,32?,33?,34?,37-,38-,43-,44-/m1/s1. The maximum atomic E-state index is 13.5. The first-order valence-electron chi connectivity index (χ1n) is 24.3. The third-order valence-electron chi connectivity index (χ3n) is 16.9. The second-order valence-electron chi connectivity index (χ2n) is 23.3. The molecule has 8 saturated carbocycles. The zero-order valence-electron chi connectivity index (χ0n) is 38.7. The first-order chi connectivity index (χ1) is 29.3. The van der Waals surface area contributed by atoms with Crippen molar-refractivity contribution in [3.8, 4) is 0 Å². The summed E-state index contributed by atoms with van der Waals surface area (Å²) in [6.07, 6.45) is 14.4. The van der Waals surface area contributed by atoms with Crippen LogP contribution in [0.15, 0.2) is 36.4 Å². The molecular formula is C52H74N6O4. The highest BCUT2D eigenvalue weighted by Gasteiger charge is 2.56. The van der Waals surface area contributed by atoms with Gasteiger partial charge in [-0.1, -0.05) is 79.4 Å². The molecule has 2 amide bonds. The number of H-pyrrole nitrogens is 2. The molecule has 0 saturated heterocycles. The highest BCUT2D eigenvalue weighted by molar-refractivity contribution is 5.87. The molecule has 336 valence electrons. The second-order valence-corrected chi connectivity index (χ2v) is 23.3. The Morgan fingerprint density at radius 3 is 1.27 bits per heavy atom. The smallest absolute Gasteiger partial charge is 0.229 e. The fourth-order valence-corrected chi connectivity index (χ4v) is 12.3. The summed E-state index contributed by atoms with van der Waals surface area (Å²) in [5, 5.41) is 27.4. The van der Waals surface area contributed by atoms with E-state index < -0.39 is 23.0 Å². The first kappa shape index (κ1) is 43.5. The molecule has 8 aliphatic carbocycles. The van der Waals surface area contributed by atoms with Gasteiger partial charge in [0.2, 0.25) is 11.8 Å². The van der Waals surface area contributed by atoms with Crippen molar-refractivity contribution < 1.29 is 19.8 Å². The minimum absolute atomic E-state index is 0.0696. The van der Waals surface area contributed by atoms with E-state index in [-0.39, 0.29) is 34.7 Å². The van der Waals surface area contributed by atoms with Gasteiger partial charge in [-0.05, 0) is 160 Å². The fraction of sp³-hybridized carbons (Fsp3) is 0.692. The number of benzene rings is 2. The molecule has 0 radical (unpaired) electrons. The van der Waals surface area contributed by atoms with Gasteiger partial charge in [0.05, 0.1) is 57.2 Å². The lowest BCUT2D eigenvalue weighted by atomic mass is 9.63. The molecule has 0 spiro atoms. The van der Waals surface area contributed by atoms with Crippen molar-refractivity contribution in [3.05, 3.63) is 59.2 Å². The molecule has 62 heavy (non-hydrogen) atoms. The van der Waals surface area contributed by atoms with E-state index in [1.807, 2.05) is 0 Å². The lowest BCUT2D eigenvalue weighted by molar-refractivity contribution is -0.132. The number of nitrogens with one attached hydrogen (secondary N) is 4. The number of fused-ring (bicyclic) bond motifs is 2. The minimum Gasteiger partial charge on any atom is -0.392 e. The Morgan fingerprint density at radius 2 is 0.968 bits per heavy atom. The van der Waals surface area contributed by atoms with E-state index >= 15 is 0 Å². The van der Waals surface area contributed by atoms with Crippen LogP contribution in [0.1, 0.15) is 192 Å². The van der Waals surface area contributed by atoms with E-state index in [0.29, 0.717) is 35.5 Å². The van der Waals surface area contributed by atoms with Crippen LogP contribution in [0.2, 0.25) is 0 Å². The fourth-order valence-electron chi connectivity index (χ4n) is 12.3. The number of amides is 2. The summed E-state index contributed by atoms with van der Waals surface area (Å²) in [5.41, 5.74) is 4.93. The maximum Gasteiger partial charge on any atom is 0.229 e. The summed E-state index contributed by atoms with van der Waals surface area (Å²) in [4.78, 5) is 44.5. The molecule has 8 fully saturated rings. The molecule has 4 bridgehead atoms. The number of aliphatic hydroxyl groups is 2. The number of hydrogen-bond acceptors (Lipinski definition) is 6. The van der Waals surface area contributed by atoms with E-state index in [2.05, 4.69) is 98.5 Å². The number of aromatic nitrogens is 4. The van der Waals surface area contributed by atoms with Gasteiger partial charge in [0.15, 0.2) is 0 Å². The van der Waals surface area contributed by atoms with Crippen LogP contribution >= 0.6 is 0 Å². The Bertz CT molecular complexity index is 2120. The molecule has 10 nitrogen and oxygen atoms in total. The molecule has 4 aromatic rings. The van der Waals surface area contributed by atoms with Crippen LogP contribution in [0.25, 0.3) is 22.1 Å². The molecule has 6 N–H and O–H groups in total. The summed E-state index contributed by atoms with van der Waals surface area (Å²) >= 11 is 0. The lowest BCUT2D eigenvalue weighted by Gasteiger charge is -2.42. The van der Waals surface area contributed by atoms with Crippen LogP contribution in [0, 0.1) is 45.3 Å². The predicted molar refractivity (Wildman–Crippen MR) is 245 cm³/mol. The Kier molecular flexibility index (Phi) is 11.3. The molecule has 12 rings (SSSR count). The number of imidazole rings is 2. The SMILES string of the molecule is CC(O)C1(C(=O)N[C@H](c2nc3cc([C@@H]4CC5CCC4CCC4CCC(CC5)[C@H](c5ccc6[nH]c([C@@H](NC(=O)C7(C(C)O)CC7)C(C)(C)C)nc6c5)C4)ccc3[nH]2)C(C)(C)C)CC1. The summed E-state index contributed by atoms with van der Waals surface area (Å²) < 4.78 is 0. The van der Waals surface area contributed by atoms with E-state index in [1.165, 1.54) is 75.3 Å². The molecular weight excluding hydrogens is 773 g/mol. The number of hydrogen-bond donors (Lipinski definition) is 6. The summed E-state index contributed by atoms with van der Waals surface area (Å²) in [6, 6.07) is 13.2. The molecule has 10 heteroatoms. The van der Waals surface area contributed by atoms with Gasteiger partial charge < -0.3 is 30.8 Å². The largest absolute Gasteiger partial charge is 0.392 e. The molecule has 2 aromatic carbocycles. The van der Waals surface area contributed by atoms with Crippen molar-refractivity contribution in [2.45, 2.75) is 181 Å². The number of carbonyl (C=O) groups excluding carboxylic acids is 2. The van der Waals surface area contributed by atoms with E-state index in [9.17, 15) is 19.8 Å². The van der Waals surface area contributed by atoms with Crippen LogP contribution < -0.4 is 10.6 Å². The van der Waals surface area contributed by atoms with Crippen molar-refractivity contribution in [3.63, 3.8) is 0 Å². The number of nitrogens with zero attached hydrogens (tertiary/aromatic N) is 2. The molecule has 6 atom stereocenters. The highest BCUT2D eigenvalue weighted by Crippen LogP contribution is 2.53. The van der Waals surface area contributed by atoms with Gasteiger partial charge in [0.25, 0.3) is 0 Å². The zero-order valence-corrected chi connectivity index (χ0v) is 38.7. The second kappa shape index (κ2) is 16.0. The minimum atomic E-state index is -0.672. The van der Waals surface area contributed by atoms with Crippen LogP contribution in [-0.4, -0.2) is 54.2 Å². The number of carbonyl (C=O) groups is 2. The predicted octanol–water partition coefficient (Wildman–Crippen LogP) is 10.4. The average Bonchev–Trinajstić information content (AvgIpc) is 4.13. The van der Waals surface area contributed by atoms with Crippen molar-refractivity contribution in [2.75, 3.05) is 0 Å². The zero-order chi connectivity index (χ0) is 43.9. The third-order valence-corrected chi connectivity index (χ3v) is 16.9. The van der Waals surface area contributed by atoms with Gasteiger partial charge in [0, 0.05) is 0 Å². The van der Waals surface area contributed by atoms with Gasteiger partial charge in [-0.25, -0.2) is 9.97 Å². The monoisotopic (exact) mass is 847 g/mol. The van der Waals surface area contributed by atoms with Crippen molar-refractivity contribution in [1.82, 2.24) is 30.6 Å². The molecule has 2 unspecified atom stereocenters. The summed E-state index contributed by atoms with van der Waals surface area (Å²) in [7, 11) is 0. The highest BCUT2D eigenvalue weighted by atomic mass is 16.3. The molecule has 2 aromatic heterocycles. The third kappa shape index (κ3) is 8.25. The van der Waals surface area contributed by atoms with Gasteiger partial charge in [-0.2, -0.15) is 0 Å². The Morgan fingerprint density at radius 1 is 0.613 bits per heavy atom.